The van der Waals surface area contributed by atoms with Crippen LogP contribution in [0.4, 0.5) is 4.39 Å². The Kier molecular flexibility index (Phi) is 5.76. The number of phenols is 1. The number of aromatic hydroxyl groups is 1. The first kappa shape index (κ1) is 18.2. The van der Waals surface area contributed by atoms with Crippen molar-refractivity contribution in [1.82, 2.24) is 4.90 Å². The minimum absolute atomic E-state index is 0.0132. The quantitative estimate of drug-likeness (QED) is 0.874. The molecule has 1 fully saturated rings. The third-order valence-electron chi connectivity index (χ3n) is 4.97. The lowest BCUT2D eigenvalue weighted by atomic mass is 9.94. The molecule has 1 N–H and O–H groups in total. The van der Waals surface area contributed by atoms with Gasteiger partial charge in [-0.1, -0.05) is 18.2 Å². The molecule has 0 spiro atoms. The second kappa shape index (κ2) is 8.21. The smallest absolute Gasteiger partial charge is 0.260 e. The van der Waals surface area contributed by atoms with Crippen molar-refractivity contribution in [2.75, 3.05) is 13.7 Å². The van der Waals surface area contributed by atoms with Gasteiger partial charge in [-0.25, -0.2) is 4.39 Å². The van der Waals surface area contributed by atoms with E-state index in [0.29, 0.717) is 6.54 Å². The maximum atomic E-state index is 14.3. The van der Waals surface area contributed by atoms with Gasteiger partial charge in [-0.15, -0.1) is 0 Å². The number of rotatable bonds is 5. The molecule has 5 heteroatoms. The molecule has 138 valence electrons. The maximum absolute atomic E-state index is 14.3. The predicted molar refractivity (Wildman–Crippen MR) is 98.1 cm³/mol. The van der Waals surface area contributed by atoms with E-state index in [1.807, 2.05) is 12.1 Å². The van der Waals surface area contributed by atoms with Crippen molar-refractivity contribution < 1.29 is 19.0 Å². The third-order valence-corrected chi connectivity index (χ3v) is 4.97. The van der Waals surface area contributed by atoms with Crippen LogP contribution in [-0.2, 0) is 6.42 Å². The number of methoxy groups -OCH3 is 1. The summed E-state index contributed by atoms with van der Waals surface area (Å²) in [4.78, 5) is 14.8. The van der Waals surface area contributed by atoms with E-state index in [1.54, 1.807) is 29.2 Å². The van der Waals surface area contributed by atoms with Gasteiger partial charge in [0, 0.05) is 12.6 Å². The SMILES string of the molecule is COc1cccc(F)c1C(=O)N1CCCC[C@@H]1CCc1cccc(O)c1. The van der Waals surface area contributed by atoms with Crippen molar-refractivity contribution in [2.45, 2.75) is 38.1 Å². The number of carbonyl (C=O) groups is 1. The van der Waals surface area contributed by atoms with Gasteiger partial charge in [-0.2, -0.15) is 0 Å². The van der Waals surface area contributed by atoms with Gasteiger partial charge in [0.15, 0.2) is 0 Å². The summed E-state index contributed by atoms with van der Waals surface area (Å²) in [6, 6.07) is 11.7. The summed E-state index contributed by atoms with van der Waals surface area (Å²) in [5.41, 5.74) is 1.05. The Hall–Kier alpha value is -2.56. The molecule has 0 saturated carbocycles. The lowest BCUT2D eigenvalue weighted by molar-refractivity contribution is 0.0593. The Morgan fingerprint density at radius 2 is 2.08 bits per heavy atom. The lowest BCUT2D eigenvalue weighted by Gasteiger charge is -2.36. The molecule has 4 nitrogen and oxygen atoms in total. The van der Waals surface area contributed by atoms with Crippen molar-refractivity contribution >= 4 is 5.91 Å². The molecule has 0 radical (unpaired) electrons. The van der Waals surface area contributed by atoms with Crippen molar-refractivity contribution in [3.63, 3.8) is 0 Å². The Morgan fingerprint density at radius 1 is 1.27 bits per heavy atom. The highest BCUT2D eigenvalue weighted by molar-refractivity contribution is 5.97. The number of hydrogen-bond donors (Lipinski definition) is 1. The highest BCUT2D eigenvalue weighted by Crippen LogP contribution is 2.28. The van der Waals surface area contributed by atoms with Gasteiger partial charge in [0.25, 0.3) is 5.91 Å². The minimum atomic E-state index is -0.549. The van der Waals surface area contributed by atoms with E-state index in [4.69, 9.17) is 4.74 Å². The van der Waals surface area contributed by atoms with Gasteiger partial charge in [0.1, 0.15) is 22.9 Å². The van der Waals surface area contributed by atoms with Gasteiger partial charge in [0.2, 0.25) is 0 Å². The van der Waals surface area contributed by atoms with E-state index in [1.165, 1.54) is 13.2 Å². The lowest BCUT2D eigenvalue weighted by Crippen LogP contribution is -2.44. The normalized spacial score (nSPS) is 17.2. The first-order valence-electron chi connectivity index (χ1n) is 9.01. The summed E-state index contributed by atoms with van der Waals surface area (Å²) in [6.07, 6.45) is 4.43. The van der Waals surface area contributed by atoms with E-state index in [9.17, 15) is 14.3 Å². The Labute approximate surface area is 153 Å². The van der Waals surface area contributed by atoms with E-state index in [0.717, 1.165) is 37.7 Å². The minimum Gasteiger partial charge on any atom is -0.508 e. The number of amides is 1. The molecule has 1 atom stereocenters. The average Bonchev–Trinajstić information content (AvgIpc) is 2.66. The summed E-state index contributed by atoms with van der Waals surface area (Å²) < 4.78 is 19.5. The second-order valence-corrected chi connectivity index (χ2v) is 6.67. The number of ether oxygens (including phenoxy) is 1. The summed E-state index contributed by atoms with van der Waals surface area (Å²) >= 11 is 0. The summed E-state index contributed by atoms with van der Waals surface area (Å²) in [5, 5.41) is 9.61. The van der Waals surface area contributed by atoms with Crippen LogP contribution in [0.1, 0.15) is 41.6 Å². The molecule has 0 unspecified atom stereocenters. The molecule has 0 aliphatic carbocycles. The van der Waals surface area contributed by atoms with Crippen LogP contribution in [0, 0.1) is 5.82 Å². The number of hydrogen-bond acceptors (Lipinski definition) is 3. The number of aryl methyl sites for hydroxylation is 1. The van der Waals surface area contributed by atoms with Gasteiger partial charge < -0.3 is 14.7 Å². The Balaban J connectivity index is 1.77. The molecule has 1 amide bonds. The van der Waals surface area contributed by atoms with E-state index in [-0.39, 0.29) is 29.0 Å². The number of benzene rings is 2. The zero-order valence-electron chi connectivity index (χ0n) is 15.0. The predicted octanol–water partition coefficient (Wildman–Crippen LogP) is 4.17. The fourth-order valence-electron chi connectivity index (χ4n) is 3.64. The van der Waals surface area contributed by atoms with Crippen LogP contribution in [0.5, 0.6) is 11.5 Å². The van der Waals surface area contributed by atoms with Crippen LogP contribution in [0.3, 0.4) is 0 Å². The molecule has 1 heterocycles. The van der Waals surface area contributed by atoms with Crippen LogP contribution < -0.4 is 4.74 Å². The van der Waals surface area contributed by atoms with Crippen LogP contribution in [0.2, 0.25) is 0 Å². The molecule has 0 aromatic heterocycles. The zero-order valence-corrected chi connectivity index (χ0v) is 15.0. The molecule has 26 heavy (non-hydrogen) atoms. The average molecular weight is 357 g/mol. The van der Waals surface area contributed by atoms with Crippen LogP contribution >= 0.6 is 0 Å². The van der Waals surface area contributed by atoms with Gasteiger partial charge in [-0.3, -0.25) is 4.79 Å². The monoisotopic (exact) mass is 357 g/mol. The number of nitrogens with zero attached hydrogens (tertiary/aromatic N) is 1. The fraction of sp³-hybridized carbons (Fsp3) is 0.381. The standard InChI is InChI=1S/C21H24FNO3/c1-26-19-10-5-9-18(22)20(19)21(25)23-13-3-2-7-16(23)12-11-15-6-4-8-17(24)14-15/h4-6,8-10,14,16,24H,2-3,7,11-13H2,1H3/t16-/m1/s1. The molecule has 1 aliphatic heterocycles. The summed E-state index contributed by atoms with van der Waals surface area (Å²) in [5.74, 6) is -0.338. The number of phenolic OH excluding ortho intramolecular Hbond substituents is 1. The molecule has 2 aromatic rings. The summed E-state index contributed by atoms with van der Waals surface area (Å²) in [7, 11) is 1.45. The van der Waals surface area contributed by atoms with Crippen molar-refractivity contribution in [1.29, 1.82) is 0 Å². The van der Waals surface area contributed by atoms with Crippen LogP contribution in [0.15, 0.2) is 42.5 Å². The highest BCUT2D eigenvalue weighted by atomic mass is 19.1. The summed E-state index contributed by atoms with van der Waals surface area (Å²) in [6.45, 7) is 0.626. The number of carbonyl (C=O) groups excluding carboxylic acids is 1. The zero-order chi connectivity index (χ0) is 18.5. The second-order valence-electron chi connectivity index (χ2n) is 6.67. The Bertz CT molecular complexity index is 778. The molecule has 3 rings (SSSR count). The first-order chi connectivity index (χ1) is 12.6. The number of likely N-dealkylation sites (tertiary alicyclic amines) is 1. The van der Waals surface area contributed by atoms with E-state index in [2.05, 4.69) is 0 Å². The Morgan fingerprint density at radius 3 is 2.85 bits per heavy atom. The third kappa shape index (κ3) is 3.98. The van der Waals surface area contributed by atoms with Crippen molar-refractivity contribution in [2.24, 2.45) is 0 Å². The highest BCUT2D eigenvalue weighted by Gasteiger charge is 2.30. The molecular formula is C21H24FNO3. The van der Waals surface area contributed by atoms with Crippen LogP contribution in [0.25, 0.3) is 0 Å². The molecule has 1 saturated heterocycles. The molecule has 2 aromatic carbocycles. The molecule has 0 bridgehead atoms. The maximum Gasteiger partial charge on any atom is 0.260 e. The van der Waals surface area contributed by atoms with E-state index < -0.39 is 5.82 Å². The fourth-order valence-corrected chi connectivity index (χ4v) is 3.64. The van der Waals surface area contributed by atoms with E-state index >= 15 is 0 Å². The molecule has 1 aliphatic rings. The van der Waals surface area contributed by atoms with Gasteiger partial charge >= 0.3 is 0 Å². The van der Waals surface area contributed by atoms with Gasteiger partial charge in [0.05, 0.1) is 7.11 Å². The number of halogens is 1. The largest absolute Gasteiger partial charge is 0.508 e. The van der Waals surface area contributed by atoms with Crippen molar-refractivity contribution in [3.8, 4) is 11.5 Å². The number of piperidine rings is 1. The topological polar surface area (TPSA) is 49.8 Å². The molecular weight excluding hydrogens is 333 g/mol. The van der Waals surface area contributed by atoms with Crippen LogP contribution in [-0.4, -0.2) is 35.6 Å². The van der Waals surface area contributed by atoms with Crippen molar-refractivity contribution in [3.05, 3.63) is 59.4 Å². The first-order valence-corrected chi connectivity index (χ1v) is 9.01. The van der Waals surface area contributed by atoms with Gasteiger partial charge in [-0.05, 0) is 61.9 Å².